The van der Waals surface area contributed by atoms with Crippen LogP contribution in [0.15, 0.2) is 24.3 Å². The topological polar surface area (TPSA) is 27.7 Å². The van der Waals surface area contributed by atoms with Gasteiger partial charge in [0, 0.05) is 17.3 Å². The molecule has 1 aromatic rings. The van der Waals surface area contributed by atoms with Crippen molar-refractivity contribution in [1.29, 1.82) is 0 Å². The van der Waals surface area contributed by atoms with Crippen LogP contribution in [0.5, 0.6) is 5.75 Å². The van der Waals surface area contributed by atoms with Gasteiger partial charge in [-0.2, -0.15) is 0 Å². The minimum absolute atomic E-state index is 0.574. The monoisotopic (exact) mass is 342 g/mol. The number of benzene rings is 1. The highest BCUT2D eigenvalue weighted by Gasteiger charge is 2.36. The zero-order valence-electron chi connectivity index (χ0n) is 12.1. The number of halogens is 1. The Bertz CT molecular complexity index is 385. The first-order valence-corrected chi connectivity index (χ1v) is 8.50. The van der Waals surface area contributed by atoms with Crippen LogP contribution < -0.4 is 4.74 Å². The molecule has 0 spiro atoms. The molecule has 0 atom stereocenters. The van der Waals surface area contributed by atoms with Crippen molar-refractivity contribution in [3.8, 4) is 5.75 Å². The molecule has 0 bridgehead atoms. The highest BCUT2D eigenvalue weighted by Crippen LogP contribution is 2.36. The summed E-state index contributed by atoms with van der Waals surface area (Å²) in [6.07, 6.45) is 3.87. The Morgan fingerprint density at radius 3 is 2.50 bits per heavy atom. The molecular formula is C16H23BrO3. The number of ether oxygens (including phenoxy) is 3. The third kappa shape index (κ3) is 3.96. The minimum atomic E-state index is -0.574. The molecule has 0 saturated carbocycles. The molecule has 1 aromatic carbocycles. The first-order chi connectivity index (χ1) is 9.80. The first kappa shape index (κ1) is 15.8. The lowest BCUT2D eigenvalue weighted by Gasteiger charge is -2.37. The lowest BCUT2D eigenvalue weighted by atomic mass is 9.99. The molecule has 1 fully saturated rings. The molecule has 0 amide bonds. The van der Waals surface area contributed by atoms with E-state index in [4.69, 9.17) is 14.2 Å². The minimum Gasteiger partial charge on any atom is -0.494 e. The van der Waals surface area contributed by atoms with E-state index in [0.717, 1.165) is 62.1 Å². The molecule has 0 unspecified atom stereocenters. The van der Waals surface area contributed by atoms with Crippen LogP contribution in [0.4, 0.5) is 0 Å². The van der Waals surface area contributed by atoms with Crippen molar-refractivity contribution in [1.82, 2.24) is 0 Å². The van der Waals surface area contributed by atoms with E-state index in [0.29, 0.717) is 0 Å². The summed E-state index contributed by atoms with van der Waals surface area (Å²) in [4.78, 5) is 0. The van der Waals surface area contributed by atoms with Gasteiger partial charge in [0.2, 0.25) is 0 Å². The second-order valence-electron chi connectivity index (χ2n) is 4.97. The Morgan fingerprint density at radius 2 is 1.90 bits per heavy atom. The fourth-order valence-corrected chi connectivity index (χ4v) is 2.63. The quantitative estimate of drug-likeness (QED) is 0.693. The molecule has 1 saturated heterocycles. The second-order valence-corrected chi connectivity index (χ2v) is 5.76. The molecule has 4 heteroatoms. The van der Waals surface area contributed by atoms with Gasteiger partial charge in [0.05, 0.1) is 19.8 Å². The van der Waals surface area contributed by atoms with Crippen LogP contribution in [0, 0.1) is 0 Å². The van der Waals surface area contributed by atoms with Gasteiger partial charge in [-0.3, -0.25) is 0 Å². The average molecular weight is 343 g/mol. The van der Waals surface area contributed by atoms with Crippen molar-refractivity contribution in [2.75, 3.05) is 25.2 Å². The number of hydrogen-bond donors (Lipinski definition) is 0. The Balaban J connectivity index is 2.11. The fraction of sp³-hybridized carbons (Fsp3) is 0.625. The Hall–Kier alpha value is -0.580. The Labute approximate surface area is 129 Å². The van der Waals surface area contributed by atoms with Gasteiger partial charge < -0.3 is 14.2 Å². The lowest BCUT2D eigenvalue weighted by molar-refractivity contribution is -0.279. The molecule has 0 N–H and O–H groups in total. The predicted molar refractivity (Wildman–Crippen MR) is 83.5 cm³/mol. The Morgan fingerprint density at radius 1 is 1.20 bits per heavy atom. The maximum absolute atomic E-state index is 5.99. The van der Waals surface area contributed by atoms with E-state index in [2.05, 4.69) is 35.0 Å². The van der Waals surface area contributed by atoms with Gasteiger partial charge in [-0.25, -0.2) is 0 Å². The highest BCUT2D eigenvalue weighted by atomic mass is 79.9. The molecule has 0 radical (unpaired) electrons. The van der Waals surface area contributed by atoms with Gasteiger partial charge in [-0.15, -0.1) is 0 Å². The van der Waals surface area contributed by atoms with E-state index in [9.17, 15) is 0 Å². The van der Waals surface area contributed by atoms with E-state index < -0.39 is 5.79 Å². The molecule has 1 heterocycles. The summed E-state index contributed by atoms with van der Waals surface area (Å²) >= 11 is 3.48. The zero-order chi connectivity index (χ0) is 14.3. The molecule has 1 aliphatic heterocycles. The van der Waals surface area contributed by atoms with Crippen LogP contribution >= 0.6 is 15.9 Å². The van der Waals surface area contributed by atoms with Crippen LogP contribution in [-0.4, -0.2) is 25.2 Å². The molecule has 2 rings (SSSR count). The molecule has 0 aromatic heterocycles. The van der Waals surface area contributed by atoms with Gasteiger partial charge in [-0.1, -0.05) is 22.9 Å². The van der Waals surface area contributed by atoms with Crippen molar-refractivity contribution in [3.63, 3.8) is 0 Å². The van der Waals surface area contributed by atoms with Crippen molar-refractivity contribution in [3.05, 3.63) is 29.8 Å². The van der Waals surface area contributed by atoms with Gasteiger partial charge in [-0.05, 0) is 43.5 Å². The van der Waals surface area contributed by atoms with Crippen LogP contribution in [0.25, 0.3) is 0 Å². The summed E-state index contributed by atoms with van der Waals surface area (Å²) in [5.74, 6) is 0.331. The average Bonchev–Trinajstić information content (AvgIpc) is 2.52. The SMILES string of the molecule is CCCOc1ccc(C2(CCCBr)OCCCO2)cc1. The standard InChI is InChI=1S/C16H23BrO3/c1-2-11-18-15-7-5-14(6-8-15)16(9-3-10-17)19-12-4-13-20-16/h5-8H,2-4,9-13H2,1H3. The number of alkyl halides is 1. The third-order valence-corrected chi connectivity index (χ3v) is 3.93. The van der Waals surface area contributed by atoms with E-state index in [1.165, 1.54) is 0 Å². The summed E-state index contributed by atoms with van der Waals surface area (Å²) in [6, 6.07) is 8.12. The second kappa shape index (κ2) is 8.01. The smallest absolute Gasteiger partial charge is 0.194 e. The molecule has 112 valence electrons. The predicted octanol–water partition coefficient (Wildman–Crippen LogP) is 4.24. The summed E-state index contributed by atoms with van der Waals surface area (Å²) in [7, 11) is 0. The number of rotatable bonds is 7. The first-order valence-electron chi connectivity index (χ1n) is 7.38. The molecule has 0 aliphatic carbocycles. The molecular weight excluding hydrogens is 320 g/mol. The third-order valence-electron chi connectivity index (χ3n) is 3.37. The van der Waals surface area contributed by atoms with Crippen molar-refractivity contribution in [2.45, 2.75) is 38.4 Å². The van der Waals surface area contributed by atoms with E-state index in [1.54, 1.807) is 0 Å². The van der Waals surface area contributed by atoms with Crippen molar-refractivity contribution in [2.24, 2.45) is 0 Å². The van der Waals surface area contributed by atoms with Gasteiger partial charge in [0.15, 0.2) is 5.79 Å². The largest absolute Gasteiger partial charge is 0.494 e. The van der Waals surface area contributed by atoms with Gasteiger partial charge >= 0.3 is 0 Å². The van der Waals surface area contributed by atoms with Crippen molar-refractivity contribution < 1.29 is 14.2 Å². The summed E-state index contributed by atoms with van der Waals surface area (Å²) in [6.45, 7) is 4.38. The van der Waals surface area contributed by atoms with Crippen LogP contribution in [-0.2, 0) is 15.3 Å². The van der Waals surface area contributed by atoms with Crippen molar-refractivity contribution >= 4 is 15.9 Å². The molecule has 3 nitrogen and oxygen atoms in total. The maximum atomic E-state index is 5.99. The van der Waals surface area contributed by atoms with E-state index in [-0.39, 0.29) is 0 Å². The molecule has 1 aliphatic rings. The Kier molecular flexibility index (Phi) is 6.33. The zero-order valence-corrected chi connectivity index (χ0v) is 13.7. The summed E-state index contributed by atoms with van der Waals surface area (Å²) in [5, 5.41) is 0.958. The van der Waals surface area contributed by atoms with Gasteiger partial charge in [0.1, 0.15) is 5.75 Å². The number of hydrogen-bond acceptors (Lipinski definition) is 3. The van der Waals surface area contributed by atoms with E-state index >= 15 is 0 Å². The highest BCUT2D eigenvalue weighted by molar-refractivity contribution is 9.09. The summed E-state index contributed by atoms with van der Waals surface area (Å²) < 4.78 is 17.6. The van der Waals surface area contributed by atoms with Crippen LogP contribution in [0.1, 0.15) is 38.2 Å². The fourth-order valence-electron chi connectivity index (χ4n) is 2.35. The molecule has 20 heavy (non-hydrogen) atoms. The lowest BCUT2D eigenvalue weighted by Crippen LogP contribution is -2.38. The van der Waals surface area contributed by atoms with Crippen LogP contribution in [0.2, 0.25) is 0 Å². The van der Waals surface area contributed by atoms with Gasteiger partial charge in [0.25, 0.3) is 0 Å². The summed E-state index contributed by atoms with van der Waals surface area (Å²) in [5.41, 5.74) is 1.09. The normalized spacial score (nSPS) is 17.9. The van der Waals surface area contributed by atoms with Crippen LogP contribution in [0.3, 0.4) is 0 Å². The maximum Gasteiger partial charge on any atom is 0.194 e. The van der Waals surface area contributed by atoms with E-state index in [1.807, 2.05) is 12.1 Å².